The third-order valence-corrected chi connectivity index (χ3v) is 4.54. The number of halogens is 1. The van der Waals surface area contributed by atoms with E-state index in [4.69, 9.17) is 4.74 Å². The van der Waals surface area contributed by atoms with Crippen molar-refractivity contribution in [3.8, 4) is 5.75 Å². The zero-order chi connectivity index (χ0) is 13.3. The third-order valence-electron chi connectivity index (χ3n) is 2.83. The number of nitrogens with one attached hydrogen (secondary N) is 1. The van der Waals surface area contributed by atoms with Crippen molar-refractivity contribution in [2.24, 2.45) is 0 Å². The van der Waals surface area contributed by atoms with Crippen molar-refractivity contribution in [1.82, 2.24) is 0 Å². The van der Waals surface area contributed by atoms with Gasteiger partial charge < -0.3 is 15.2 Å². The molecule has 18 heavy (non-hydrogen) atoms. The lowest BCUT2D eigenvalue weighted by Gasteiger charge is -2.16. The number of hydrogen-bond acceptors (Lipinski definition) is 5. The van der Waals surface area contributed by atoms with Crippen LogP contribution in [0.1, 0.15) is 0 Å². The number of methoxy groups -OCH3 is 1. The van der Waals surface area contributed by atoms with Gasteiger partial charge in [-0.15, -0.1) is 0 Å². The summed E-state index contributed by atoms with van der Waals surface area (Å²) < 4.78 is 40.8. The van der Waals surface area contributed by atoms with Crippen LogP contribution in [-0.4, -0.2) is 44.3 Å². The van der Waals surface area contributed by atoms with Gasteiger partial charge in [0.05, 0.1) is 30.8 Å². The fraction of sp³-hybridized carbons (Fsp3) is 0.455. The molecule has 2 unspecified atom stereocenters. The summed E-state index contributed by atoms with van der Waals surface area (Å²) in [6.45, 7) is 0. The van der Waals surface area contributed by atoms with Crippen molar-refractivity contribution in [3.05, 3.63) is 24.0 Å². The van der Waals surface area contributed by atoms with Gasteiger partial charge in [0.25, 0.3) is 0 Å². The van der Waals surface area contributed by atoms with Gasteiger partial charge in [0, 0.05) is 11.8 Å². The van der Waals surface area contributed by atoms with Gasteiger partial charge in [-0.25, -0.2) is 12.8 Å². The molecule has 1 aliphatic heterocycles. The van der Waals surface area contributed by atoms with E-state index in [2.05, 4.69) is 5.32 Å². The van der Waals surface area contributed by atoms with Gasteiger partial charge in [-0.2, -0.15) is 0 Å². The summed E-state index contributed by atoms with van der Waals surface area (Å²) in [6, 6.07) is 3.60. The standard InChI is InChI=1S/C11H14FNO4S/c1-17-11-3-2-7(4-8(11)12)13-9-5-18(15,16)6-10(9)14/h2-4,9-10,13-14H,5-6H2,1H3. The van der Waals surface area contributed by atoms with Crippen molar-refractivity contribution in [3.63, 3.8) is 0 Å². The SMILES string of the molecule is COc1ccc(NC2CS(=O)(=O)CC2O)cc1F. The van der Waals surface area contributed by atoms with Crippen LogP contribution in [0.4, 0.5) is 10.1 Å². The van der Waals surface area contributed by atoms with Crippen molar-refractivity contribution < 1.29 is 22.7 Å². The average molecular weight is 275 g/mol. The van der Waals surface area contributed by atoms with Crippen LogP contribution in [0.2, 0.25) is 0 Å². The van der Waals surface area contributed by atoms with Crippen LogP contribution in [0, 0.1) is 5.82 Å². The highest BCUT2D eigenvalue weighted by Crippen LogP contribution is 2.23. The molecule has 2 rings (SSSR count). The quantitative estimate of drug-likeness (QED) is 0.835. The van der Waals surface area contributed by atoms with Crippen LogP contribution in [0.5, 0.6) is 5.75 Å². The topological polar surface area (TPSA) is 75.6 Å². The molecule has 0 radical (unpaired) electrons. The maximum atomic E-state index is 13.4. The summed E-state index contributed by atoms with van der Waals surface area (Å²) in [5.41, 5.74) is 0.412. The van der Waals surface area contributed by atoms with E-state index in [0.29, 0.717) is 5.69 Å². The van der Waals surface area contributed by atoms with E-state index >= 15 is 0 Å². The van der Waals surface area contributed by atoms with E-state index in [1.54, 1.807) is 6.07 Å². The molecule has 2 N–H and O–H groups in total. The number of benzene rings is 1. The third kappa shape index (κ3) is 2.73. The lowest BCUT2D eigenvalue weighted by molar-refractivity contribution is 0.190. The number of hydrogen-bond donors (Lipinski definition) is 2. The first-order chi connectivity index (χ1) is 8.41. The Kier molecular flexibility index (Phi) is 3.45. The van der Waals surface area contributed by atoms with E-state index < -0.39 is 27.8 Å². The molecular formula is C11H14FNO4S. The molecule has 1 aliphatic rings. The van der Waals surface area contributed by atoms with Crippen LogP contribution >= 0.6 is 0 Å². The minimum atomic E-state index is -3.22. The molecule has 2 atom stereocenters. The fourth-order valence-corrected chi connectivity index (χ4v) is 3.68. The van der Waals surface area contributed by atoms with Gasteiger partial charge in [-0.1, -0.05) is 0 Å². The average Bonchev–Trinajstić information content (AvgIpc) is 2.52. The van der Waals surface area contributed by atoms with Crippen LogP contribution in [0.15, 0.2) is 18.2 Å². The van der Waals surface area contributed by atoms with E-state index in [-0.39, 0.29) is 17.3 Å². The fourth-order valence-electron chi connectivity index (χ4n) is 1.94. The first-order valence-corrected chi connectivity index (χ1v) is 7.22. The van der Waals surface area contributed by atoms with Crippen LogP contribution in [0.25, 0.3) is 0 Å². The molecule has 0 aliphatic carbocycles. The molecule has 0 spiro atoms. The second-order valence-electron chi connectivity index (χ2n) is 4.24. The van der Waals surface area contributed by atoms with E-state index in [0.717, 1.165) is 0 Å². The monoisotopic (exact) mass is 275 g/mol. The maximum Gasteiger partial charge on any atom is 0.167 e. The molecule has 1 saturated heterocycles. The first-order valence-electron chi connectivity index (χ1n) is 5.40. The van der Waals surface area contributed by atoms with E-state index in [1.165, 1.54) is 19.2 Å². The number of anilines is 1. The largest absolute Gasteiger partial charge is 0.494 e. The zero-order valence-corrected chi connectivity index (χ0v) is 10.6. The highest BCUT2D eigenvalue weighted by Gasteiger charge is 2.36. The van der Waals surface area contributed by atoms with Gasteiger partial charge >= 0.3 is 0 Å². The molecule has 0 saturated carbocycles. The van der Waals surface area contributed by atoms with Crippen molar-refractivity contribution in [2.45, 2.75) is 12.1 Å². The molecule has 5 nitrogen and oxygen atoms in total. The molecule has 7 heteroatoms. The minimum absolute atomic E-state index is 0.111. The van der Waals surface area contributed by atoms with E-state index in [1.807, 2.05) is 0 Å². The van der Waals surface area contributed by atoms with Crippen molar-refractivity contribution in [1.29, 1.82) is 0 Å². The summed E-state index contributed by atoms with van der Waals surface area (Å²) in [6.07, 6.45) is -0.972. The molecule has 1 fully saturated rings. The second-order valence-corrected chi connectivity index (χ2v) is 6.40. The lowest BCUT2D eigenvalue weighted by Crippen LogP contribution is -2.31. The number of sulfone groups is 1. The van der Waals surface area contributed by atoms with Gasteiger partial charge in [0.15, 0.2) is 21.4 Å². The molecule has 0 amide bonds. The Balaban J connectivity index is 2.13. The Bertz CT molecular complexity index is 546. The summed E-state index contributed by atoms with van der Waals surface area (Å²) in [7, 11) is -1.86. The Labute approximate surface area is 104 Å². The molecule has 0 aromatic heterocycles. The van der Waals surface area contributed by atoms with E-state index in [9.17, 15) is 17.9 Å². The van der Waals surface area contributed by atoms with Crippen LogP contribution in [-0.2, 0) is 9.84 Å². The molecule has 1 heterocycles. The first kappa shape index (κ1) is 13.1. The van der Waals surface area contributed by atoms with Crippen molar-refractivity contribution in [2.75, 3.05) is 23.9 Å². The Morgan fingerprint density at radius 2 is 2.17 bits per heavy atom. The van der Waals surface area contributed by atoms with Gasteiger partial charge in [0.1, 0.15) is 0 Å². The number of ether oxygens (including phenoxy) is 1. The predicted octanol–water partition coefficient (Wildman–Crippen LogP) is 0.404. The number of aliphatic hydroxyl groups is 1. The number of rotatable bonds is 3. The molecular weight excluding hydrogens is 261 g/mol. The second kappa shape index (κ2) is 4.74. The highest BCUT2D eigenvalue weighted by atomic mass is 32.2. The highest BCUT2D eigenvalue weighted by molar-refractivity contribution is 7.91. The zero-order valence-electron chi connectivity index (χ0n) is 9.76. The van der Waals surface area contributed by atoms with Gasteiger partial charge in [0.2, 0.25) is 0 Å². The molecule has 0 bridgehead atoms. The summed E-state index contributed by atoms with van der Waals surface area (Å²) in [5.74, 6) is -0.844. The van der Waals surface area contributed by atoms with Crippen LogP contribution < -0.4 is 10.1 Å². The molecule has 100 valence electrons. The Morgan fingerprint density at radius 3 is 2.67 bits per heavy atom. The smallest absolute Gasteiger partial charge is 0.167 e. The summed E-state index contributed by atoms with van der Waals surface area (Å²) in [4.78, 5) is 0. The maximum absolute atomic E-state index is 13.4. The van der Waals surface area contributed by atoms with Gasteiger partial charge in [-0.3, -0.25) is 0 Å². The van der Waals surface area contributed by atoms with Crippen molar-refractivity contribution >= 4 is 15.5 Å². The van der Waals surface area contributed by atoms with Gasteiger partial charge in [-0.05, 0) is 12.1 Å². The molecule has 1 aromatic rings. The predicted molar refractivity (Wildman–Crippen MR) is 65.0 cm³/mol. The summed E-state index contributed by atoms with van der Waals surface area (Å²) >= 11 is 0. The Morgan fingerprint density at radius 1 is 1.44 bits per heavy atom. The molecule has 1 aromatic carbocycles. The lowest BCUT2D eigenvalue weighted by atomic mass is 10.2. The van der Waals surface area contributed by atoms with Crippen LogP contribution in [0.3, 0.4) is 0 Å². The minimum Gasteiger partial charge on any atom is -0.494 e. The number of aliphatic hydroxyl groups excluding tert-OH is 1. The summed E-state index contributed by atoms with van der Waals surface area (Å²) in [5, 5.41) is 12.4. The normalized spacial score (nSPS) is 25.9. The Hall–Kier alpha value is -1.34.